The van der Waals surface area contributed by atoms with E-state index in [9.17, 15) is 28.1 Å². The molecule has 3 aromatic rings. The van der Waals surface area contributed by atoms with Gasteiger partial charge in [0.15, 0.2) is 0 Å². The number of nitrogens with one attached hydrogen (secondary N) is 3. The highest BCUT2D eigenvalue weighted by Crippen LogP contribution is 2.21. The van der Waals surface area contributed by atoms with E-state index in [1.165, 1.54) is 61.5 Å². The van der Waals surface area contributed by atoms with Gasteiger partial charge in [-0.25, -0.2) is 8.42 Å². The molecular formula is C23H22N4O7S. The van der Waals surface area contributed by atoms with E-state index in [0.29, 0.717) is 12.4 Å². The maximum absolute atomic E-state index is 12.6. The number of hydrogen-bond acceptors (Lipinski definition) is 7. The Hall–Kier alpha value is -4.45. The second-order valence-corrected chi connectivity index (χ2v) is 8.88. The topological polar surface area (TPSA) is 157 Å². The Morgan fingerprint density at radius 2 is 1.57 bits per heavy atom. The van der Waals surface area contributed by atoms with Crippen LogP contribution in [0.25, 0.3) is 0 Å². The SMILES string of the molecule is CCOc1ccc(S(=O)(=O)Nc2ccc(C(=O)NNC(=O)c3cccc([N+](=O)[O-])c3C)cc2)cc1. The van der Waals surface area contributed by atoms with Crippen LogP contribution < -0.4 is 20.3 Å². The summed E-state index contributed by atoms with van der Waals surface area (Å²) < 4.78 is 32.9. The fraction of sp³-hybridized carbons (Fsp3) is 0.130. The lowest BCUT2D eigenvalue weighted by Gasteiger charge is -2.11. The van der Waals surface area contributed by atoms with Gasteiger partial charge in [-0.3, -0.25) is 35.3 Å². The number of nitro benzene ring substituents is 1. The molecule has 11 nitrogen and oxygen atoms in total. The van der Waals surface area contributed by atoms with E-state index in [1.807, 2.05) is 6.92 Å². The molecule has 0 heterocycles. The van der Waals surface area contributed by atoms with Crippen molar-refractivity contribution >= 4 is 33.2 Å². The van der Waals surface area contributed by atoms with E-state index in [0.717, 1.165) is 0 Å². The highest BCUT2D eigenvalue weighted by Gasteiger charge is 2.19. The van der Waals surface area contributed by atoms with Crippen LogP contribution in [0.4, 0.5) is 11.4 Å². The van der Waals surface area contributed by atoms with Crippen molar-refractivity contribution in [3.05, 3.63) is 93.5 Å². The normalized spacial score (nSPS) is 10.8. The lowest BCUT2D eigenvalue weighted by Crippen LogP contribution is -2.41. The standard InChI is InChI=1S/C23H22N4O7S/c1-3-34-18-11-13-19(14-12-18)35(32,33)26-17-9-7-16(8-10-17)22(28)24-25-23(29)20-5-4-6-21(15(20)2)27(30)31/h4-14,26H,3H2,1-2H3,(H,24,28)(H,25,29). The minimum absolute atomic E-state index is 0.0403. The number of anilines is 1. The average molecular weight is 499 g/mol. The third-order valence-corrected chi connectivity index (χ3v) is 6.28. The first kappa shape index (κ1) is 25.2. The van der Waals surface area contributed by atoms with Crippen molar-refractivity contribution in [1.82, 2.24) is 10.9 Å². The number of rotatable bonds is 8. The fourth-order valence-corrected chi connectivity index (χ4v) is 4.16. The van der Waals surface area contributed by atoms with Crippen molar-refractivity contribution < 1.29 is 27.7 Å². The highest BCUT2D eigenvalue weighted by molar-refractivity contribution is 7.92. The molecule has 3 aromatic carbocycles. The molecule has 0 saturated carbocycles. The number of ether oxygens (including phenoxy) is 1. The monoisotopic (exact) mass is 498 g/mol. The molecule has 35 heavy (non-hydrogen) atoms. The molecule has 0 atom stereocenters. The van der Waals surface area contributed by atoms with Gasteiger partial charge in [-0.1, -0.05) is 6.07 Å². The van der Waals surface area contributed by atoms with E-state index < -0.39 is 26.8 Å². The largest absolute Gasteiger partial charge is 0.494 e. The lowest BCUT2D eigenvalue weighted by molar-refractivity contribution is -0.385. The first-order chi connectivity index (χ1) is 16.6. The van der Waals surface area contributed by atoms with E-state index >= 15 is 0 Å². The minimum atomic E-state index is -3.86. The summed E-state index contributed by atoms with van der Waals surface area (Å²) in [5.74, 6) is -0.837. The molecule has 0 radical (unpaired) electrons. The molecule has 12 heteroatoms. The highest BCUT2D eigenvalue weighted by atomic mass is 32.2. The van der Waals surface area contributed by atoms with Crippen molar-refractivity contribution in [2.45, 2.75) is 18.7 Å². The van der Waals surface area contributed by atoms with E-state index in [4.69, 9.17) is 4.74 Å². The predicted molar refractivity (Wildman–Crippen MR) is 128 cm³/mol. The maximum Gasteiger partial charge on any atom is 0.273 e. The van der Waals surface area contributed by atoms with Gasteiger partial charge in [-0.15, -0.1) is 0 Å². The van der Waals surface area contributed by atoms with Gasteiger partial charge in [-0.2, -0.15) is 0 Å². The average Bonchev–Trinajstić information content (AvgIpc) is 2.83. The number of benzene rings is 3. The molecule has 0 aliphatic heterocycles. The van der Waals surface area contributed by atoms with Crippen LogP contribution in [0.3, 0.4) is 0 Å². The van der Waals surface area contributed by atoms with Gasteiger partial charge >= 0.3 is 0 Å². The molecule has 2 amide bonds. The molecule has 0 unspecified atom stereocenters. The van der Waals surface area contributed by atoms with Gasteiger partial charge in [-0.05, 0) is 68.4 Å². The molecule has 0 saturated heterocycles. The second-order valence-electron chi connectivity index (χ2n) is 7.20. The third-order valence-electron chi connectivity index (χ3n) is 4.88. The Morgan fingerprint density at radius 3 is 2.17 bits per heavy atom. The first-order valence-corrected chi connectivity index (χ1v) is 11.8. The van der Waals surface area contributed by atoms with Crippen molar-refractivity contribution in [3.8, 4) is 5.75 Å². The van der Waals surface area contributed by atoms with Crippen molar-refractivity contribution in [3.63, 3.8) is 0 Å². The number of carbonyl (C=O) groups excluding carboxylic acids is 2. The van der Waals surface area contributed by atoms with Crippen molar-refractivity contribution in [2.24, 2.45) is 0 Å². The molecule has 3 rings (SSSR count). The van der Waals surface area contributed by atoms with Crippen LogP contribution in [-0.2, 0) is 10.0 Å². The van der Waals surface area contributed by atoms with Gasteiger partial charge in [0.2, 0.25) is 0 Å². The van der Waals surface area contributed by atoms with Gasteiger partial charge in [0, 0.05) is 22.9 Å². The Morgan fingerprint density at radius 1 is 0.943 bits per heavy atom. The van der Waals surface area contributed by atoms with E-state index in [-0.39, 0.29) is 33.0 Å². The van der Waals surface area contributed by atoms with Crippen LogP contribution >= 0.6 is 0 Å². The van der Waals surface area contributed by atoms with Gasteiger partial charge in [0.05, 0.1) is 22.0 Å². The van der Waals surface area contributed by atoms with Crippen molar-refractivity contribution in [2.75, 3.05) is 11.3 Å². The number of hydrazine groups is 1. The Kier molecular flexibility index (Phi) is 7.66. The summed E-state index contributed by atoms with van der Waals surface area (Å²) >= 11 is 0. The summed E-state index contributed by atoms with van der Waals surface area (Å²) in [6, 6.07) is 15.5. The van der Waals surface area contributed by atoms with Crippen LogP contribution in [0.15, 0.2) is 71.6 Å². The summed E-state index contributed by atoms with van der Waals surface area (Å²) in [6.07, 6.45) is 0. The number of carbonyl (C=O) groups is 2. The lowest BCUT2D eigenvalue weighted by atomic mass is 10.1. The molecule has 0 aromatic heterocycles. The van der Waals surface area contributed by atoms with Crippen LogP contribution in [-0.4, -0.2) is 31.8 Å². The fourth-order valence-electron chi connectivity index (χ4n) is 3.11. The Bertz CT molecular complexity index is 1360. The molecule has 0 fully saturated rings. The van der Waals surface area contributed by atoms with Crippen LogP contribution in [0.1, 0.15) is 33.2 Å². The first-order valence-electron chi connectivity index (χ1n) is 10.3. The third kappa shape index (κ3) is 6.12. The predicted octanol–water partition coefficient (Wildman–Crippen LogP) is 3.18. The summed E-state index contributed by atoms with van der Waals surface area (Å²) in [5, 5.41) is 11.0. The summed E-state index contributed by atoms with van der Waals surface area (Å²) in [5.41, 5.74) is 4.79. The number of nitrogens with zero attached hydrogens (tertiary/aromatic N) is 1. The van der Waals surface area contributed by atoms with E-state index in [1.54, 1.807) is 12.1 Å². The maximum atomic E-state index is 12.6. The number of sulfonamides is 1. The van der Waals surface area contributed by atoms with Crippen LogP contribution in [0.2, 0.25) is 0 Å². The molecule has 3 N–H and O–H groups in total. The number of hydrogen-bond donors (Lipinski definition) is 3. The van der Waals surface area contributed by atoms with Crippen LogP contribution in [0.5, 0.6) is 5.75 Å². The molecule has 0 aliphatic rings. The molecule has 0 bridgehead atoms. The Balaban J connectivity index is 1.62. The molecule has 0 aliphatic carbocycles. The second kappa shape index (κ2) is 10.7. The van der Waals surface area contributed by atoms with Crippen molar-refractivity contribution in [1.29, 1.82) is 0 Å². The number of amides is 2. The van der Waals surface area contributed by atoms with Gasteiger partial charge < -0.3 is 4.74 Å². The minimum Gasteiger partial charge on any atom is -0.494 e. The molecule has 0 spiro atoms. The summed E-state index contributed by atoms with van der Waals surface area (Å²) in [7, 11) is -3.86. The van der Waals surface area contributed by atoms with E-state index in [2.05, 4.69) is 15.6 Å². The quantitative estimate of drug-likeness (QED) is 0.318. The molecule has 182 valence electrons. The molecular weight excluding hydrogens is 476 g/mol. The smallest absolute Gasteiger partial charge is 0.273 e. The zero-order valence-corrected chi connectivity index (χ0v) is 19.6. The van der Waals surface area contributed by atoms with Gasteiger partial charge in [0.1, 0.15) is 5.75 Å². The summed E-state index contributed by atoms with van der Waals surface area (Å²) in [6.45, 7) is 3.71. The Labute approximate surface area is 201 Å². The van der Waals surface area contributed by atoms with Gasteiger partial charge in [0.25, 0.3) is 27.5 Å². The zero-order valence-electron chi connectivity index (χ0n) is 18.8. The summed E-state index contributed by atoms with van der Waals surface area (Å²) in [4.78, 5) is 35.2. The zero-order chi connectivity index (χ0) is 25.6. The number of nitro groups is 1. The van der Waals surface area contributed by atoms with Crippen LogP contribution in [0, 0.1) is 17.0 Å².